The molecule has 8 nitrogen and oxygen atoms in total. The molecule has 0 aliphatic carbocycles. The summed E-state index contributed by atoms with van der Waals surface area (Å²) in [7, 11) is 0. The van der Waals surface area contributed by atoms with Gasteiger partial charge < -0.3 is 19.0 Å². The van der Waals surface area contributed by atoms with E-state index in [1.54, 1.807) is 49.5 Å². The van der Waals surface area contributed by atoms with Crippen molar-refractivity contribution < 1.29 is 22.9 Å². The molecule has 4 aromatic heterocycles. The molecule has 0 spiro atoms. The van der Waals surface area contributed by atoms with E-state index in [-0.39, 0.29) is 23.9 Å². The van der Waals surface area contributed by atoms with E-state index in [9.17, 15) is 9.18 Å². The number of hydrogen-bond donors (Lipinski definition) is 1. The Morgan fingerprint density at radius 1 is 1.18 bits per heavy atom. The number of nitrogens with zero attached hydrogens (tertiary/aromatic N) is 3. The van der Waals surface area contributed by atoms with Crippen molar-refractivity contribution in [3.63, 3.8) is 0 Å². The van der Waals surface area contributed by atoms with E-state index in [0.717, 1.165) is 0 Å². The van der Waals surface area contributed by atoms with Crippen LogP contribution in [0.3, 0.4) is 0 Å². The summed E-state index contributed by atoms with van der Waals surface area (Å²) in [6.45, 7) is 1.83. The highest BCUT2D eigenvalue weighted by molar-refractivity contribution is 6.06. The Kier molecular flexibility index (Phi) is 5.27. The molecule has 0 atom stereocenters. The molecule has 164 valence electrons. The lowest BCUT2D eigenvalue weighted by molar-refractivity contribution is 0.0952. The first-order valence-electron chi connectivity index (χ1n) is 10.0. The Bertz CT molecular complexity index is 1430. The van der Waals surface area contributed by atoms with Gasteiger partial charge in [0.15, 0.2) is 17.3 Å². The summed E-state index contributed by atoms with van der Waals surface area (Å²) >= 11 is 0. The number of aryl methyl sites for hydroxylation is 1. The number of ether oxygens (including phenoxy) is 1. The molecule has 0 aliphatic rings. The Labute approximate surface area is 187 Å². The van der Waals surface area contributed by atoms with Gasteiger partial charge in [-0.1, -0.05) is 11.2 Å². The minimum Gasteiger partial charge on any atom is -0.463 e. The van der Waals surface area contributed by atoms with Crippen LogP contribution in [0.1, 0.15) is 21.6 Å². The van der Waals surface area contributed by atoms with Gasteiger partial charge in [-0.2, -0.15) is 0 Å². The molecule has 1 N–H and O–H groups in total. The van der Waals surface area contributed by atoms with Crippen molar-refractivity contribution in [1.82, 2.24) is 20.4 Å². The van der Waals surface area contributed by atoms with E-state index in [1.165, 1.54) is 24.6 Å². The molecule has 0 saturated carbocycles. The number of aromatic nitrogens is 3. The number of carbonyl (C=O) groups is 1. The fourth-order valence-electron chi connectivity index (χ4n) is 3.37. The molecule has 1 aromatic carbocycles. The normalized spacial score (nSPS) is 11.0. The van der Waals surface area contributed by atoms with Gasteiger partial charge in [-0.05, 0) is 55.0 Å². The third-order valence-corrected chi connectivity index (χ3v) is 4.95. The lowest BCUT2D eigenvalue weighted by atomic mass is 10.1. The van der Waals surface area contributed by atoms with E-state index < -0.39 is 5.82 Å². The number of fused-ring (bicyclic) bond motifs is 1. The standard InChI is InChI=1S/C24H17FN4O4/c1-14-22-17(11-19(21-5-3-9-31-21)28-24(22)33-29-14)23(30)27-12-15-6-7-20(18(25)10-15)32-16-4-2-8-26-13-16/h2-11,13H,12H2,1H3,(H,27,30). The van der Waals surface area contributed by atoms with Gasteiger partial charge in [0.1, 0.15) is 11.4 Å². The zero-order chi connectivity index (χ0) is 22.8. The SMILES string of the molecule is Cc1noc2nc(-c3ccco3)cc(C(=O)NCc3ccc(Oc4cccnc4)c(F)c3)c12. The number of nitrogens with one attached hydrogen (secondary N) is 1. The van der Waals surface area contributed by atoms with E-state index in [4.69, 9.17) is 13.7 Å². The maximum absolute atomic E-state index is 14.5. The van der Waals surface area contributed by atoms with Crippen LogP contribution in [0.15, 0.2) is 76.1 Å². The Morgan fingerprint density at radius 3 is 2.85 bits per heavy atom. The van der Waals surface area contributed by atoms with Crippen molar-refractivity contribution in [2.75, 3.05) is 0 Å². The summed E-state index contributed by atoms with van der Waals surface area (Å²) in [5, 5.41) is 7.24. The van der Waals surface area contributed by atoms with Crippen LogP contribution < -0.4 is 10.1 Å². The van der Waals surface area contributed by atoms with Crippen LogP contribution in [0, 0.1) is 12.7 Å². The van der Waals surface area contributed by atoms with Gasteiger partial charge in [0, 0.05) is 12.7 Å². The molecule has 9 heteroatoms. The van der Waals surface area contributed by atoms with Gasteiger partial charge in [0.05, 0.1) is 29.1 Å². The van der Waals surface area contributed by atoms with Crippen LogP contribution in [0.25, 0.3) is 22.6 Å². The quantitative estimate of drug-likeness (QED) is 0.391. The Hall–Kier alpha value is -4.53. The van der Waals surface area contributed by atoms with Crippen molar-refractivity contribution in [2.45, 2.75) is 13.5 Å². The third kappa shape index (κ3) is 4.16. The predicted octanol–water partition coefficient (Wildman–Crippen LogP) is 5.05. The molecule has 0 saturated heterocycles. The first-order chi connectivity index (χ1) is 16.1. The number of furan rings is 1. The van der Waals surface area contributed by atoms with Gasteiger partial charge in [-0.25, -0.2) is 9.37 Å². The van der Waals surface area contributed by atoms with Crippen molar-refractivity contribution in [3.05, 3.63) is 89.8 Å². The molecule has 0 unspecified atom stereocenters. The zero-order valence-corrected chi connectivity index (χ0v) is 17.4. The Morgan fingerprint density at radius 2 is 2.09 bits per heavy atom. The molecule has 33 heavy (non-hydrogen) atoms. The lowest BCUT2D eigenvalue weighted by Crippen LogP contribution is -2.23. The molecule has 4 heterocycles. The number of pyridine rings is 2. The molecule has 1 amide bonds. The summed E-state index contributed by atoms with van der Waals surface area (Å²) in [5.41, 5.74) is 2.11. The second-order valence-corrected chi connectivity index (χ2v) is 7.22. The summed E-state index contributed by atoms with van der Waals surface area (Å²) in [6.07, 6.45) is 4.61. The van der Waals surface area contributed by atoms with Crippen LogP contribution in [0.2, 0.25) is 0 Å². The van der Waals surface area contributed by atoms with Crippen LogP contribution in [0.4, 0.5) is 4.39 Å². The van der Waals surface area contributed by atoms with Crippen LogP contribution in [-0.4, -0.2) is 21.0 Å². The molecule has 0 bridgehead atoms. The van der Waals surface area contributed by atoms with E-state index in [1.807, 2.05) is 0 Å². The topological polar surface area (TPSA) is 103 Å². The van der Waals surface area contributed by atoms with Gasteiger partial charge in [-0.3, -0.25) is 9.78 Å². The minimum atomic E-state index is -0.549. The fraction of sp³-hybridized carbons (Fsp3) is 0.0833. The smallest absolute Gasteiger partial charge is 0.259 e. The predicted molar refractivity (Wildman–Crippen MR) is 116 cm³/mol. The van der Waals surface area contributed by atoms with E-state index in [2.05, 4.69) is 20.4 Å². The van der Waals surface area contributed by atoms with Crippen LogP contribution >= 0.6 is 0 Å². The third-order valence-electron chi connectivity index (χ3n) is 4.95. The molecule has 0 radical (unpaired) electrons. The van der Waals surface area contributed by atoms with Crippen molar-refractivity contribution >= 4 is 17.0 Å². The highest BCUT2D eigenvalue weighted by atomic mass is 19.1. The number of hydrogen-bond acceptors (Lipinski definition) is 7. The second kappa shape index (κ2) is 8.54. The minimum absolute atomic E-state index is 0.0668. The van der Waals surface area contributed by atoms with E-state index in [0.29, 0.717) is 39.4 Å². The van der Waals surface area contributed by atoms with Gasteiger partial charge >= 0.3 is 0 Å². The highest BCUT2D eigenvalue weighted by Gasteiger charge is 2.20. The van der Waals surface area contributed by atoms with Gasteiger partial charge in [-0.15, -0.1) is 0 Å². The lowest BCUT2D eigenvalue weighted by Gasteiger charge is -2.10. The van der Waals surface area contributed by atoms with Crippen molar-refractivity contribution in [1.29, 1.82) is 0 Å². The molecule has 5 aromatic rings. The first-order valence-corrected chi connectivity index (χ1v) is 10.0. The highest BCUT2D eigenvalue weighted by Crippen LogP contribution is 2.28. The Balaban J connectivity index is 1.36. The second-order valence-electron chi connectivity index (χ2n) is 7.22. The van der Waals surface area contributed by atoms with Crippen molar-refractivity contribution in [3.8, 4) is 23.0 Å². The number of rotatable bonds is 6. The monoisotopic (exact) mass is 444 g/mol. The average molecular weight is 444 g/mol. The number of carbonyl (C=O) groups excluding carboxylic acids is 1. The largest absolute Gasteiger partial charge is 0.463 e. The summed E-state index contributed by atoms with van der Waals surface area (Å²) in [6, 6.07) is 12.9. The molecule has 0 fully saturated rings. The molecular formula is C24H17FN4O4. The van der Waals surface area contributed by atoms with Gasteiger partial charge in [0.25, 0.3) is 11.6 Å². The molecular weight excluding hydrogens is 427 g/mol. The maximum Gasteiger partial charge on any atom is 0.259 e. The van der Waals surface area contributed by atoms with E-state index >= 15 is 0 Å². The van der Waals surface area contributed by atoms with Gasteiger partial charge in [0.2, 0.25) is 0 Å². The summed E-state index contributed by atoms with van der Waals surface area (Å²) in [4.78, 5) is 21.4. The molecule has 5 rings (SSSR count). The van der Waals surface area contributed by atoms with Crippen molar-refractivity contribution in [2.24, 2.45) is 0 Å². The summed E-state index contributed by atoms with van der Waals surface area (Å²) in [5.74, 6) is 0.0588. The van der Waals surface area contributed by atoms with Crippen LogP contribution in [-0.2, 0) is 6.54 Å². The number of benzene rings is 1. The summed E-state index contributed by atoms with van der Waals surface area (Å²) < 4.78 is 30.7. The number of halogens is 1. The average Bonchev–Trinajstić information content (AvgIpc) is 3.50. The fourth-order valence-corrected chi connectivity index (χ4v) is 3.37. The first kappa shape index (κ1) is 20.4. The molecule has 0 aliphatic heterocycles. The van der Waals surface area contributed by atoms with Crippen LogP contribution in [0.5, 0.6) is 11.5 Å². The zero-order valence-electron chi connectivity index (χ0n) is 17.4. The number of amides is 1. The maximum atomic E-state index is 14.5.